The Bertz CT molecular complexity index is 337. The summed E-state index contributed by atoms with van der Waals surface area (Å²) in [5, 5.41) is 1.23. The molecular formula is C10H12INS. The molecule has 0 bridgehead atoms. The van der Waals surface area contributed by atoms with Gasteiger partial charge in [0.15, 0.2) is 0 Å². The molecule has 0 amide bonds. The molecule has 0 aliphatic rings. The number of aryl methyl sites for hydroxylation is 1. The first-order valence-electron chi connectivity index (χ1n) is 4.12. The molecule has 13 heavy (non-hydrogen) atoms. The molecule has 0 radical (unpaired) electrons. The van der Waals surface area contributed by atoms with Crippen molar-refractivity contribution in [3.05, 3.63) is 29.3 Å². The Morgan fingerprint density at radius 3 is 2.62 bits per heavy atom. The van der Waals surface area contributed by atoms with Gasteiger partial charge in [0.2, 0.25) is 0 Å². The van der Waals surface area contributed by atoms with Crippen molar-refractivity contribution in [2.24, 2.45) is 0 Å². The van der Waals surface area contributed by atoms with Crippen LogP contribution in [0.4, 0.5) is 0 Å². The van der Waals surface area contributed by atoms with Gasteiger partial charge >= 0.3 is 0 Å². The number of benzene rings is 1. The number of thiazole rings is 1. The highest BCUT2D eigenvalue weighted by Crippen LogP contribution is 2.21. The molecule has 0 atom stereocenters. The second-order valence-corrected chi connectivity index (χ2v) is 3.54. The van der Waals surface area contributed by atoms with Crippen LogP contribution in [0.3, 0.4) is 0 Å². The van der Waals surface area contributed by atoms with E-state index in [-0.39, 0.29) is 0 Å². The van der Waals surface area contributed by atoms with E-state index in [1.165, 1.54) is 9.71 Å². The van der Waals surface area contributed by atoms with E-state index >= 15 is 0 Å². The topological polar surface area (TPSA) is 12.9 Å². The van der Waals surface area contributed by atoms with Crippen LogP contribution in [-0.4, -0.2) is 9.91 Å². The van der Waals surface area contributed by atoms with Crippen LogP contribution >= 0.6 is 33.9 Å². The van der Waals surface area contributed by atoms with E-state index in [9.17, 15) is 0 Å². The molecular weight excluding hydrogens is 293 g/mol. The van der Waals surface area contributed by atoms with Crippen LogP contribution in [0.2, 0.25) is 0 Å². The Morgan fingerprint density at radius 2 is 2.00 bits per heavy atom. The predicted octanol–water partition coefficient (Wildman–Crippen LogP) is 3.91. The van der Waals surface area contributed by atoms with E-state index in [1.54, 1.807) is 11.3 Å². The Balaban J connectivity index is 0.000000396. The Kier molecular flexibility index (Phi) is 4.66. The number of aromatic nitrogens is 1. The average molecular weight is 305 g/mol. The molecule has 0 saturated carbocycles. The zero-order chi connectivity index (χ0) is 9.68. The van der Waals surface area contributed by atoms with Crippen LogP contribution in [0.5, 0.6) is 0 Å². The van der Waals surface area contributed by atoms with E-state index in [4.69, 9.17) is 0 Å². The minimum absolute atomic E-state index is 1.04. The molecule has 2 rings (SSSR count). The smallest absolute Gasteiger partial charge is 0.0935 e. The lowest BCUT2D eigenvalue weighted by atomic mass is 10.3. The van der Waals surface area contributed by atoms with Crippen molar-refractivity contribution in [2.45, 2.75) is 13.3 Å². The third kappa shape index (κ3) is 2.64. The molecule has 0 N–H and O–H groups in total. The van der Waals surface area contributed by atoms with E-state index in [0.29, 0.717) is 0 Å². The van der Waals surface area contributed by atoms with E-state index in [2.05, 4.69) is 52.7 Å². The summed E-state index contributed by atoms with van der Waals surface area (Å²) in [6, 6.07) is 8.26. The lowest BCUT2D eigenvalue weighted by molar-refractivity contribution is 1.11. The summed E-state index contributed by atoms with van der Waals surface area (Å²) < 4.78 is 1.30. The highest BCUT2D eigenvalue weighted by atomic mass is 127. The number of hydrogen-bond acceptors (Lipinski definition) is 2. The van der Waals surface area contributed by atoms with Gasteiger partial charge in [-0.1, -0.05) is 41.6 Å². The van der Waals surface area contributed by atoms with Crippen LogP contribution in [0.25, 0.3) is 10.2 Å². The van der Waals surface area contributed by atoms with Crippen molar-refractivity contribution >= 4 is 44.1 Å². The second kappa shape index (κ2) is 5.54. The lowest BCUT2D eigenvalue weighted by Gasteiger charge is -1.80. The minimum atomic E-state index is 1.04. The van der Waals surface area contributed by atoms with Gasteiger partial charge in [-0.3, -0.25) is 0 Å². The van der Waals surface area contributed by atoms with Crippen LogP contribution in [0.15, 0.2) is 24.3 Å². The molecule has 0 saturated heterocycles. The molecule has 0 aliphatic carbocycles. The molecule has 0 unspecified atom stereocenters. The van der Waals surface area contributed by atoms with E-state index in [1.807, 2.05) is 11.0 Å². The number of hydrogen-bond donors (Lipinski definition) is 0. The molecule has 70 valence electrons. The maximum Gasteiger partial charge on any atom is 0.0935 e. The van der Waals surface area contributed by atoms with Gasteiger partial charge in [-0.25, -0.2) is 4.98 Å². The number of halogens is 1. The largest absolute Gasteiger partial charge is 0.241 e. The summed E-state index contributed by atoms with van der Waals surface area (Å²) in [6.45, 7) is 2.14. The fourth-order valence-corrected chi connectivity index (χ4v) is 1.98. The molecule has 3 heteroatoms. The monoisotopic (exact) mass is 305 g/mol. The van der Waals surface area contributed by atoms with Gasteiger partial charge in [-0.05, 0) is 23.5 Å². The highest BCUT2D eigenvalue weighted by molar-refractivity contribution is 14.1. The van der Waals surface area contributed by atoms with Gasteiger partial charge in [0.1, 0.15) is 0 Å². The van der Waals surface area contributed by atoms with Crippen molar-refractivity contribution in [3.63, 3.8) is 0 Å². The van der Waals surface area contributed by atoms with Crippen molar-refractivity contribution in [2.75, 3.05) is 4.93 Å². The summed E-state index contributed by atoms with van der Waals surface area (Å²) >= 11 is 3.94. The summed E-state index contributed by atoms with van der Waals surface area (Å²) in [6.07, 6.45) is 1.04. The zero-order valence-electron chi connectivity index (χ0n) is 7.75. The first-order chi connectivity index (χ1) is 6.40. The van der Waals surface area contributed by atoms with Gasteiger partial charge in [0.25, 0.3) is 0 Å². The summed E-state index contributed by atoms with van der Waals surface area (Å²) in [5.41, 5.74) is 1.13. The molecule has 1 heterocycles. The SMILES string of the molecule is CCc1nc2ccccc2s1.CI. The van der Waals surface area contributed by atoms with Crippen molar-refractivity contribution < 1.29 is 0 Å². The Hall–Kier alpha value is -0.160. The zero-order valence-corrected chi connectivity index (χ0v) is 10.7. The fraction of sp³-hybridized carbons (Fsp3) is 0.300. The van der Waals surface area contributed by atoms with Gasteiger partial charge < -0.3 is 0 Å². The van der Waals surface area contributed by atoms with Crippen molar-refractivity contribution in [1.82, 2.24) is 4.98 Å². The Labute approximate surface area is 96.3 Å². The van der Waals surface area contributed by atoms with E-state index in [0.717, 1.165) is 11.9 Å². The van der Waals surface area contributed by atoms with Crippen molar-refractivity contribution in [1.29, 1.82) is 0 Å². The summed E-state index contributed by atoms with van der Waals surface area (Å²) in [7, 11) is 0. The minimum Gasteiger partial charge on any atom is -0.241 e. The Morgan fingerprint density at radius 1 is 1.31 bits per heavy atom. The van der Waals surface area contributed by atoms with Gasteiger partial charge in [0.05, 0.1) is 15.2 Å². The van der Waals surface area contributed by atoms with Gasteiger partial charge in [0, 0.05) is 0 Å². The van der Waals surface area contributed by atoms with Gasteiger partial charge in [-0.2, -0.15) is 0 Å². The lowest BCUT2D eigenvalue weighted by Crippen LogP contribution is -1.73. The fourth-order valence-electron chi connectivity index (χ4n) is 1.07. The first-order valence-corrected chi connectivity index (χ1v) is 7.10. The summed E-state index contributed by atoms with van der Waals surface area (Å²) in [5.74, 6) is 0. The molecule has 1 nitrogen and oxygen atoms in total. The second-order valence-electron chi connectivity index (χ2n) is 2.43. The number of nitrogens with zero attached hydrogens (tertiary/aromatic N) is 1. The molecule has 2 aromatic rings. The molecule has 1 aromatic heterocycles. The molecule has 1 aromatic carbocycles. The average Bonchev–Trinajstić information content (AvgIpc) is 2.63. The van der Waals surface area contributed by atoms with Crippen LogP contribution in [-0.2, 0) is 6.42 Å². The maximum absolute atomic E-state index is 4.45. The predicted molar refractivity (Wildman–Crippen MR) is 68.9 cm³/mol. The number of para-hydroxylation sites is 1. The van der Waals surface area contributed by atoms with Gasteiger partial charge in [-0.15, -0.1) is 11.3 Å². The van der Waals surface area contributed by atoms with Crippen LogP contribution < -0.4 is 0 Å². The molecule has 0 fully saturated rings. The van der Waals surface area contributed by atoms with Crippen LogP contribution in [0, 0.1) is 0 Å². The molecule has 0 spiro atoms. The number of fused-ring (bicyclic) bond motifs is 1. The quantitative estimate of drug-likeness (QED) is 0.575. The highest BCUT2D eigenvalue weighted by Gasteiger charge is 1.98. The standard InChI is InChI=1S/C9H9NS.CH3I/c1-2-9-10-7-5-3-4-6-8(7)11-9;1-2/h3-6H,2H2,1H3;1H3. The summed E-state index contributed by atoms with van der Waals surface area (Å²) in [4.78, 5) is 6.42. The third-order valence-electron chi connectivity index (χ3n) is 1.64. The third-order valence-corrected chi connectivity index (χ3v) is 2.82. The van der Waals surface area contributed by atoms with E-state index < -0.39 is 0 Å². The normalized spacial score (nSPS) is 9.46. The number of rotatable bonds is 1. The van der Waals surface area contributed by atoms with Crippen LogP contribution in [0.1, 0.15) is 11.9 Å². The first kappa shape index (κ1) is 10.9. The molecule has 0 aliphatic heterocycles. The van der Waals surface area contributed by atoms with Crippen molar-refractivity contribution in [3.8, 4) is 0 Å². The maximum atomic E-state index is 4.45. The number of alkyl halides is 1.